The van der Waals surface area contributed by atoms with E-state index in [9.17, 15) is 14.4 Å². The van der Waals surface area contributed by atoms with Crippen LogP contribution in [0.2, 0.25) is 0 Å². The van der Waals surface area contributed by atoms with Crippen molar-refractivity contribution in [1.82, 2.24) is 0 Å². The molecule has 4 rings (SSSR count). The second kappa shape index (κ2) is 8.80. The molecular formula is C22H21NO5S. The number of Topliss-reactive ketones (excluding diaryl/α,β-unsaturated/α-hetero) is 1. The zero-order valence-corrected chi connectivity index (χ0v) is 16.6. The molecule has 0 radical (unpaired) electrons. The molecular weight excluding hydrogens is 390 g/mol. The van der Waals surface area contributed by atoms with Crippen molar-refractivity contribution >= 4 is 35.1 Å². The predicted octanol–water partition coefficient (Wildman–Crippen LogP) is 3.49. The summed E-state index contributed by atoms with van der Waals surface area (Å²) in [4.78, 5) is 37.3. The summed E-state index contributed by atoms with van der Waals surface area (Å²) in [6, 6.07) is 12.2. The fourth-order valence-electron chi connectivity index (χ4n) is 3.41. The summed E-state index contributed by atoms with van der Waals surface area (Å²) in [5.74, 6) is -0.129. The van der Waals surface area contributed by atoms with E-state index in [4.69, 9.17) is 9.47 Å². The van der Waals surface area contributed by atoms with E-state index in [0.717, 1.165) is 41.3 Å². The molecule has 0 aromatic heterocycles. The van der Waals surface area contributed by atoms with Gasteiger partial charge in [0.1, 0.15) is 0 Å². The van der Waals surface area contributed by atoms with Crippen molar-refractivity contribution in [2.24, 2.45) is 0 Å². The van der Waals surface area contributed by atoms with Crippen LogP contribution in [0.3, 0.4) is 0 Å². The lowest BCUT2D eigenvalue weighted by molar-refractivity contribution is -0.115. The third kappa shape index (κ3) is 4.68. The van der Waals surface area contributed by atoms with E-state index in [0.29, 0.717) is 11.1 Å². The van der Waals surface area contributed by atoms with Crippen LogP contribution < -0.4 is 5.32 Å². The largest absolute Gasteiger partial charge is 0.454 e. The molecule has 1 N–H and O–H groups in total. The lowest BCUT2D eigenvalue weighted by Gasteiger charge is -2.12. The fourth-order valence-corrected chi connectivity index (χ4v) is 4.52. The Kier molecular flexibility index (Phi) is 5.97. The minimum absolute atomic E-state index is 0.0897. The van der Waals surface area contributed by atoms with Crippen molar-refractivity contribution in [3.63, 3.8) is 0 Å². The topological polar surface area (TPSA) is 81.7 Å². The van der Waals surface area contributed by atoms with Gasteiger partial charge in [0.2, 0.25) is 5.91 Å². The Morgan fingerprint density at radius 3 is 2.90 bits per heavy atom. The molecule has 2 heterocycles. The Balaban J connectivity index is 1.36. The molecule has 2 aromatic rings. The lowest BCUT2D eigenvalue weighted by atomic mass is 10.1. The number of carbonyl (C=O) groups is 3. The van der Waals surface area contributed by atoms with Gasteiger partial charge in [0.25, 0.3) is 0 Å². The molecule has 1 fully saturated rings. The normalized spacial score (nSPS) is 17.7. The van der Waals surface area contributed by atoms with Crippen LogP contribution in [-0.2, 0) is 20.7 Å². The second-order valence-electron chi connectivity index (χ2n) is 7.04. The summed E-state index contributed by atoms with van der Waals surface area (Å²) in [7, 11) is 0. The van der Waals surface area contributed by atoms with Crippen molar-refractivity contribution in [3.8, 4) is 0 Å². The Hall–Kier alpha value is -2.64. The lowest BCUT2D eigenvalue weighted by Crippen LogP contribution is -2.15. The van der Waals surface area contributed by atoms with Crippen LogP contribution in [0.4, 0.5) is 5.69 Å². The molecule has 1 atom stereocenters. The number of nitrogens with one attached hydrogen (secondary N) is 1. The highest BCUT2D eigenvalue weighted by molar-refractivity contribution is 7.99. The molecule has 150 valence electrons. The molecule has 2 aliphatic heterocycles. The summed E-state index contributed by atoms with van der Waals surface area (Å²) in [6.07, 6.45) is 2.58. The summed E-state index contributed by atoms with van der Waals surface area (Å²) in [5.41, 5.74) is 2.38. The number of ether oxygens (including phenoxy) is 2. The molecule has 0 bridgehead atoms. The van der Waals surface area contributed by atoms with Gasteiger partial charge < -0.3 is 14.8 Å². The first-order chi connectivity index (χ1) is 14.1. The molecule has 7 heteroatoms. The first-order valence-electron chi connectivity index (χ1n) is 9.56. The first-order valence-corrected chi connectivity index (χ1v) is 10.6. The Labute approximate surface area is 173 Å². The van der Waals surface area contributed by atoms with Crippen LogP contribution in [0.25, 0.3) is 0 Å². The highest BCUT2D eigenvalue weighted by Crippen LogP contribution is 2.27. The smallest absolute Gasteiger partial charge is 0.339 e. The molecule has 29 heavy (non-hydrogen) atoms. The van der Waals surface area contributed by atoms with E-state index < -0.39 is 5.97 Å². The zero-order chi connectivity index (χ0) is 20.2. The third-order valence-electron chi connectivity index (χ3n) is 4.94. The number of hydrogen-bond donors (Lipinski definition) is 1. The van der Waals surface area contributed by atoms with Gasteiger partial charge in [-0.3, -0.25) is 9.59 Å². The average molecular weight is 411 g/mol. The molecule has 0 unspecified atom stereocenters. The van der Waals surface area contributed by atoms with Crippen molar-refractivity contribution in [2.75, 3.05) is 24.3 Å². The number of ketones is 1. The number of esters is 1. The minimum atomic E-state index is -0.521. The van der Waals surface area contributed by atoms with Crippen LogP contribution in [0, 0.1) is 0 Å². The molecule has 0 spiro atoms. The van der Waals surface area contributed by atoms with Gasteiger partial charge in [0.15, 0.2) is 12.4 Å². The van der Waals surface area contributed by atoms with Crippen molar-refractivity contribution < 1.29 is 23.9 Å². The molecule has 1 amide bonds. The maximum absolute atomic E-state index is 12.6. The number of benzene rings is 2. The minimum Gasteiger partial charge on any atom is -0.454 e. The Morgan fingerprint density at radius 2 is 2.07 bits per heavy atom. The molecule has 1 saturated heterocycles. The van der Waals surface area contributed by atoms with Crippen LogP contribution >= 0.6 is 11.8 Å². The van der Waals surface area contributed by atoms with Gasteiger partial charge in [-0.25, -0.2) is 4.79 Å². The van der Waals surface area contributed by atoms with E-state index >= 15 is 0 Å². The van der Waals surface area contributed by atoms with Crippen LogP contribution in [0.5, 0.6) is 0 Å². The first kappa shape index (κ1) is 19.7. The highest BCUT2D eigenvalue weighted by Gasteiger charge is 2.21. The average Bonchev–Trinajstić information content (AvgIpc) is 3.38. The van der Waals surface area contributed by atoms with Gasteiger partial charge in [-0.05, 0) is 48.7 Å². The van der Waals surface area contributed by atoms with E-state index in [1.54, 1.807) is 42.1 Å². The van der Waals surface area contributed by atoms with Gasteiger partial charge in [-0.1, -0.05) is 12.1 Å². The van der Waals surface area contributed by atoms with E-state index in [2.05, 4.69) is 5.32 Å². The standard InChI is InChI=1S/C22H21NO5S/c24-19(14-7-8-18-15(10-14)11-21(25)23-18)12-28-22(26)17-5-1-2-6-20(17)29-13-16-4-3-9-27-16/h1-2,5-8,10,16H,3-4,9,11-13H2,(H,23,25)/t16-/m1/s1. The fraction of sp³-hybridized carbons (Fsp3) is 0.318. The summed E-state index contributed by atoms with van der Waals surface area (Å²) >= 11 is 1.57. The molecule has 6 nitrogen and oxygen atoms in total. The van der Waals surface area contributed by atoms with Gasteiger partial charge >= 0.3 is 5.97 Å². The monoisotopic (exact) mass is 411 g/mol. The number of fused-ring (bicyclic) bond motifs is 1. The van der Waals surface area contributed by atoms with Crippen LogP contribution in [0.15, 0.2) is 47.4 Å². The Morgan fingerprint density at radius 1 is 1.21 bits per heavy atom. The number of carbonyl (C=O) groups excluding carboxylic acids is 3. The number of hydrogen-bond acceptors (Lipinski definition) is 6. The number of amides is 1. The molecule has 2 aliphatic rings. The number of anilines is 1. The zero-order valence-electron chi connectivity index (χ0n) is 15.8. The summed E-state index contributed by atoms with van der Waals surface area (Å²) < 4.78 is 10.9. The summed E-state index contributed by atoms with van der Waals surface area (Å²) in [5, 5.41) is 2.73. The van der Waals surface area contributed by atoms with Gasteiger partial charge in [0, 0.05) is 28.5 Å². The van der Waals surface area contributed by atoms with Crippen molar-refractivity contribution in [2.45, 2.75) is 30.3 Å². The number of rotatable bonds is 7. The van der Waals surface area contributed by atoms with E-state index in [1.807, 2.05) is 12.1 Å². The maximum atomic E-state index is 12.6. The summed E-state index contributed by atoms with van der Waals surface area (Å²) in [6.45, 7) is 0.452. The molecule has 2 aromatic carbocycles. The van der Waals surface area contributed by atoms with Gasteiger partial charge in [0.05, 0.1) is 18.1 Å². The highest BCUT2D eigenvalue weighted by atomic mass is 32.2. The molecule has 0 aliphatic carbocycles. The Bertz CT molecular complexity index is 952. The quantitative estimate of drug-likeness (QED) is 0.427. The van der Waals surface area contributed by atoms with E-state index in [1.165, 1.54) is 0 Å². The van der Waals surface area contributed by atoms with E-state index in [-0.39, 0.29) is 30.8 Å². The maximum Gasteiger partial charge on any atom is 0.339 e. The predicted molar refractivity (Wildman–Crippen MR) is 110 cm³/mol. The van der Waals surface area contributed by atoms with Crippen molar-refractivity contribution in [1.29, 1.82) is 0 Å². The van der Waals surface area contributed by atoms with Crippen LogP contribution in [0.1, 0.15) is 39.1 Å². The molecule has 0 saturated carbocycles. The SMILES string of the molecule is O=C1Cc2cc(C(=O)COC(=O)c3ccccc3SC[C@H]3CCCO3)ccc2N1. The van der Waals surface area contributed by atoms with Crippen LogP contribution in [-0.4, -0.2) is 42.7 Å². The second-order valence-corrected chi connectivity index (χ2v) is 8.10. The van der Waals surface area contributed by atoms with Gasteiger partial charge in [-0.2, -0.15) is 0 Å². The third-order valence-corrected chi connectivity index (χ3v) is 6.15. The van der Waals surface area contributed by atoms with Gasteiger partial charge in [-0.15, -0.1) is 11.8 Å². The number of thioether (sulfide) groups is 1. The van der Waals surface area contributed by atoms with Crippen molar-refractivity contribution in [3.05, 3.63) is 59.2 Å².